The molecule has 6 heteroatoms. The minimum absolute atomic E-state index is 2.65. The van der Waals surface area contributed by atoms with Crippen LogP contribution in [0.5, 0.6) is 0 Å². The van der Waals surface area contributed by atoms with E-state index >= 15 is 0 Å². The molecule has 0 aliphatic heterocycles. The Labute approximate surface area is 40.4 Å². The first-order valence-corrected chi connectivity index (χ1v) is 2.82. The molecule has 0 saturated carbocycles. The average molecular weight is 135 g/mol. The molecule has 0 rings (SSSR count). The van der Waals surface area contributed by atoms with Gasteiger partial charge in [0, 0.05) is 10.7 Å². The van der Waals surface area contributed by atoms with Crippen molar-refractivity contribution < 1.29 is 18.9 Å². The summed E-state index contributed by atoms with van der Waals surface area (Å²) >= 11 is 0. The maximum atomic E-state index is 8.80. The molecule has 0 unspecified atom stereocenters. The summed E-state index contributed by atoms with van der Waals surface area (Å²) in [4.78, 5) is 0. The summed E-state index contributed by atoms with van der Waals surface area (Å²) in [6, 6.07) is 0. The molecule has 0 aliphatic rings. The second kappa shape index (κ2) is 8.94. The van der Waals surface area contributed by atoms with Gasteiger partial charge in [0.1, 0.15) is 0 Å². The quantitative estimate of drug-likeness (QED) is 0.185. The maximum absolute atomic E-state index is 8.80. The Hall–Kier alpha value is 0.160. The van der Waals surface area contributed by atoms with Gasteiger partial charge in [0.2, 0.25) is 9.92 Å². The van der Waals surface area contributed by atoms with E-state index < -0.39 is 9.92 Å². The summed E-state index contributed by atoms with van der Waals surface area (Å²) in [6.07, 6.45) is 0. The van der Waals surface area contributed by atoms with Gasteiger partial charge in [0.15, 0.2) is 0 Å². The Morgan fingerprint density at radius 2 is 1.33 bits per heavy atom. The average Bonchev–Trinajstić information content (AvgIpc) is 1.41. The van der Waals surface area contributed by atoms with E-state index in [4.69, 9.17) is 18.9 Å². The molecule has 0 heterocycles. The normalized spacial score (nSPS) is 6.67. The largest absolute Gasteiger partial charge is 0.255 e. The van der Waals surface area contributed by atoms with E-state index in [9.17, 15) is 0 Å². The first-order valence-electron chi connectivity index (χ1n) is 0.734. The Balaban J connectivity index is 0. The Bertz CT molecular complexity index is 55.9. The van der Waals surface area contributed by atoms with Gasteiger partial charge < -0.3 is 0 Å². The van der Waals surface area contributed by atoms with E-state index in [1.165, 1.54) is 0 Å². The summed E-state index contributed by atoms with van der Waals surface area (Å²) in [5.74, 6) is 0. The van der Waals surface area contributed by atoms with Crippen molar-refractivity contribution >= 4 is 20.6 Å². The standard InChI is InChI=1S/ClHO2S.H2O2/c1-4(2)3;1-2/h4H;1-2H. The highest BCUT2D eigenvalue weighted by molar-refractivity contribution is 7.98. The number of hydrogen-bond acceptors (Lipinski definition) is 4. The molecule has 0 aromatic heterocycles. The van der Waals surface area contributed by atoms with Crippen LogP contribution in [-0.2, 0) is 9.92 Å². The number of hydrogen-bond donors (Lipinski definition) is 3. The zero-order valence-corrected chi connectivity index (χ0v) is 4.19. The second-order valence-corrected chi connectivity index (χ2v) is 1.47. The fraction of sp³-hybridized carbons (Fsp3) is 0. The van der Waals surface area contributed by atoms with Gasteiger partial charge in [-0.25, -0.2) is 8.42 Å². The van der Waals surface area contributed by atoms with Crippen molar-refractivity contribution in [1.29, 1.82) is 0 Å². The molecular formula is H3ClO4S. The molecule has 0 spiro atoms. The molecular weight excluding hydrogens is 132 g/mol. The SMILES string of the molecule is O=[SH](=O)Cl.OO. The van der Waals surface area contributed by atoms with E-state index in [-0.39, 0.29) is 0 Å². The predicted octanol–water partition coefficient (Wildman–Crippen LogP) is -0.231. The molecule has 2 N–H and O–H groups in total. The second-order valence-electron chi connectivity index (χ2n) is 0.213. The lowest BCUT2D eigenvalue weighted by Crippen LogP contribution is -1.41. The van der Waals surface area contributed by atoms with Crippen LogP contribution in [0, 0.1) is 0 Å². The van der Waals surface area contributed by atoms with Crippen molar-refractivity contribution in [3.8, 4) is 0 Å². The molecule has 40 valence electrons. The zero-order chi connectivity index (χ0) is 5.58. The van der Waals surface area contributed by atoms with Gasteiger partial charge in [-0.15, -0.1) is 0 Å². The summed E-state index contributed by atoms with van der Waals surface area (Å²) in [5, 5.41) is 12.0. The highest BCUT2D eigenvalue weighted by Crippen LogP contribution is 1.61. The zero-order valence-electron chi connectivity index (χ0n) is 2.54. The van der Waals surface area contributed by atoms with Crippen LogP contribution in [0.15, 0.2) is 0 Å². The number of halogens is 1. The molecule has 0 fully saturated rings. The van der Waals surface area contributed by atoms with Crippen molar-refractivity contribution in [3.63, 3.8) is 0 Å². The number of thiol groups is 1. The highest BCUT2D eigenvalue weighted by Gasteiger charge is 1.49. The van der Waals surface area contributed by atoms with Crippen LogP contribution < -0.4 is 0 Å². The first-order chi connectivity index (χ1) is 2.73. The Kier molecular flexibility index (Phi) is 14.1. The van der Waals surface area contributed by atoms with Crippen molar-refractivity contribution in [2.75, 3.05) is 0 Å². The molecule has 0 aromatic rings. The Morgan fingerprint density at radius 3 is 1.33 bits per heavy atom. The van der Waals surface area contributed by atoms with E-state index in [1.807, 2.05) is 0 Å². The number of rotatable bonds is 0. The molecule has 4 nitrogen and oxygen atoms in total. The Morgan fingerprint density at radius 1 is 1.33 bits per heavy atom. The minimum Gasteiger partial charge on any atom is -0.255 e. The molecule has 6 heavy (non-hydrogen) atoms. The van der Waals surface area contributed by atoms with E-state index in [0.717, 1.165) is 0 Å². The van der Waals surface area contributed by atoms with Crippen LogP contribution in [0.1, 0.15) is 0 Å². The van der Waals surface area contributed by atoms with Crippen molar-refractivity contribution in [2.24, 2.45) is 0 Å². The van der Waals surface area contributed by atoms with Gasteiger partial charge in [0.25, 0.3) is 0 Å². The topological polar surface area (TPSA) is 74.6 Å². The fourth-order valence-corrected chi connectivity index (χ4v) is 0. The van der Waals surface area contributed by atoms with Crippen molar-refractivity contribution in [3.05, 3.63) is 0 Å². The highest BCUT2D eigenvalue weighted by atomic mass is 35.7. The van der Waals surface area contributed by atoms with Crippen LogP contribution in [-0.4, -0.2) is 18.9 Å². The monoisotopic (exact) mass is 134 g/mol. The molecule has 0 aliphatic carbocycles. The van der Waals surface area contributed by atoms with Crippen LogP contribution in [0.3, 0.4) is 0 Å². The first kappa shape index (κ1) is 9.48. The van der Waals surface area contributed by atoms with E-state index in [2.05, 4.69) is 10.7 Å². The lowest BCUT2D eigenvalue weighted by molar-refractivity contribution is -0.176. The lowest BCUT2D eigenvalue weighted by Gasteiger charge is -1.37. The smallest absolute Gasteiger partial charge is 0.222 e. The van der Waals surface area contributed by atoms with E-state index in [1.54, 1.807) is 0 Å². The molecule has 0 aromatic carbocycles. The summed E-state index contributed by atoms with van der Waals surface area (Å²) in [7, 11) is 1.58. The summed E-state index contributed by atoms with van der Waals surface area (Å²) < 4.78 is 17.6. The predicted molar refractivity (Wildman–Crippen MR) is 21.4 cm³/mol. The molecule has 0 amide bonds. The lowest BCUT2D eigenvalue weighted by atomic mass is 15.0. The van der Waals surface area contributed by atoms with Gasteiger partial charge in [0.05, 0.1) is 0 Å². The minimum atomic E-state index is -2.65. The fourth-order valence-electron chi connectivity index (χ4n) is 0. The molecule has 0 saturated heterocycles. The van der Waals surface area contributed by atoms with Crippen LogP contribution >= 0.6 is 10.7 Å². The van der Waals surface area contributed by atoms with Gasteiger partial charge in [-0.05, 0) is 0 Å². The summed E-state index contributed by atoms with van der Waals surface area (Å²) in [5.41, 5.74) is 0. The van der Waals surface area contributed by atoms with Gasteiger partial charge >= 0.3 is 0 Å². The van der Waals surface area contributed by atoms with Crippen LogP contribution in [0.4, 0.5) is 0 Å². The van der Waals surface area contributed by atoms with Crippen LogP contribution in [0.2, 0.25) is 0 Å². The van der Waals surface area contributed by atoms with Gasteiger partial charge in [-0.1, -0.05) is 0 Å². The van der Waals surface area contributed by atoms with Crippen LogP contribution in [0.25, 0.3) is 0 Å². The molecule has 0 bridgehead atoms. The maximum Gasteiger partial charge on any atom is 0.222 e. The third-order valence-corrected chi connectivity index (χ3v) is 0. The summed E-state index contributed by atoms with van der Waals surface area (Å²) in [6.45, 7) is 0. The van der Waals surface area contributed by atoms with Gasteiger partial charge in [-0.3, -0.25) is 10.5 Å². The third-order valence-electron chi connectivity index (χ3n) is 0. The van der Waals surface area contributed by atoms with Crippen molar-refractivity contribution in [2.45, 2.75) is 0 Å². The van der Waals surface area contributed by atoms with Crippen molar-refractivity contribution in [1.82, 2.24) is 0 Å². The third kappa shape index (κ3) is 1620. The molecule has 0 radical (unpaired) electrons. The van der Waals surface area contributed by atoms with E-state index in [0.29, 0.717) is 0 Å². The van der Waals surface area contributed by atoms with Gasteiger partial charge in [-0.2, -0.15) is 0 Å². The molecule has 0 atom stereocenters.